The number of hydrogen-bond donors (Lipinski definition) is 3. The van der Waals surface area contributed by atoms with Crippen molar-refractivity contribution in [3.63, 3.8) is 0 Å². The van der Waals surface area contributed by atoms with Gasteiger partial charge in [-0.3, -0.25) is 9.78 Å². The monoisotopic (exact) mass is 471 g/mol. The Morgan fingerprint density at radius 3 is 2.69 bits per heavy atom. The van der Waals surface area contributed by atoms with Gasteiger partial charge in [-0.25, -0.2) is 4.39 Å². The first-order valence-electron chi connectivity index (χ1n) is 10.8. The molecule has 9 nitrogen and oxygen atoms in total. The minimum atomic E-state index is -0.488. The van der Waals surface area contributed by atoms with E-state index < -0.39 is 5.82 Å². The predicted octanol–water partition coefficient (Wildman–Crippen LogP) is 2.89. The average Bonchev–Trinajstić information content (AvgIpc) is 3.30. The Balaban J connectivity index is 1.43. The minimum absolute atomic E-state index is 0.0418. The van der Waals surface area contributed by atoms with E-state index in [4.69, 9.17) is 5.26 Å². The third-order valence-electron chi connectivity index (χ3n) is 5.28. The molecule has 1 amide bonds. The van der Waals surface area contributed by atoms with Crippen LogP contribution in [-0.2, 0) is 19.6 Å². The number of pyridine rings is 1. The van der Waals surface area contributed by atoms with Crippen molar-refractivity contribution in [2.24, 2.45) is 0 Å². The second-order valence-electron chi connectivity index (χ2n) is 7.59. The minimum Gasteiger partial charge on any atom is -0.395 e. The zero-order valence-corrected chi connectivity index (χ0v) is 18.6. The van der Waals surface area contributed by atoms with E-state index in [0.717, 1.165) is 5.56 Å². The number of nitriles is 1. The van der Waals surface area contributed by atoms with E-state index in [1.54, 1.807) is 30.6 Å². The Bertz CT molecular complexity index is 1370. The van der Waals surface area contributed by atoms with Crippen LogP contribution in [0.25, 0.3) is 11.4 Å². The van der Waals surface area contributed by atoms with Crippen LogP contribution in [0.3, 0.4) is 0 Å². The summed E-state index contributed by atoms with van der Waals surface area (Å²) in [6.07, 6.45) is 3.33. The number of carbonyl (C=O) groups is 1. The molecule has 2 heterocycles. The van der Waals surface area contributed by atoms with Crippen molar-refractivity contribution in [3.05, 3.63) is 95.3 Å². The molecule has 0 atom stereocenters. The van der Waals surface area contributed by atoms with Crippen molar-refractivity contribution in [1.82, 2.24) is 25.1 Å². The summed E-state index contributed by atoms with van der Waals surface area (Å²) in [5, 5.41) is 32.9. The lowest BCUT2D eigenvalue weighted by Crippen LogP contribution is -2.23. The lowest BCUT2D eigenvalue weighted by atomic mass is 10.1. The molecule has 4 aromatic rings. The highest BCUT2D eigenvalue weighted by molar-refractivity contribution is 5.95. The van der Waals surface area contributed by atoms with Gasteiger partial charge in [0.15, 0.2) is 11.6 Å². The summed E-state index contributed by atoms with van der Waals surface area (Å²) in [5.41, 5.74) is 2.46. The molecule has 0 unspecified atom stereocenters. The Labute approximate surface area is 200 Å². The van der Waals surface area contributed by atoms with Gasteiger partial charge >= 0.3 is 0 Å². The van der Waals surface area contributed by atoms with E-state index in [1.807, 2.05) is 28.8 Å². The van der Waals surface area contributed by atoms with Crippen molar-refractivity contribution in [2.75, 3.05) is 11.9 Å². The summed E-state index contributed by atoms with van der Waals surface area (Å²) in [6, 6.07) is 16.5. The second-order valence-corrected chi connectivity index (χ2v) is 7.59. The predicted molar refractivity (Wildman–Crippen MR) is 126 cm³/mol. The molecule has 0 bridgehead atoms. The van der Waals surface area contributed by atoms with Crippen LogP contribution in [0.2, 0.25) is 0 Å². The fourth-order valence-electron chi connectivity index (χ4n) is 3.52. The largest absolute Gasteiger partial charge is 0.395 e. The number of nitrogens with zero attached hydrogens (tertiary/aromatic N) is 5. The number of hydrogen-bond acceptors (Lipinski definition) is 7. The highest BCUT2D eigenvalue weighted by atomic mass is 19.1. The molecule has 0 spiro atoms. The van der Waals surface area contributed by atoms with E-state index in [9.17, 15) is 14.3 Å². The van der Waals surface area contributed by atoms with Gasteiger partial charge in [-0.15, -0.1) is 10.2 Å². The van der Waals surface area contributed by atoms with Crippen LogP contribution >= 0.6 is 0 Å². The Hall–Kier alpha value is -4.62. The number of aliphatic hydroxyl groups is 1. The molecule has 3 N–H and O–H groups in total. The van der Waals surface area contributed by atoms with Crippen molar-refractivity contribution in [1.29, 1.82) is 5.26 Å². The van der Waals surface area contributed by atoms with Crippen LogP contribution in [0.5, 0.6) is 0 Å². The normalized spacial score (nSPS) is 10.5. The number of aromatic nitrogens is 4. The zero-order chi connectivity index (χ0) is 24.6. The molecular formula is C25H22FN7O2. The molecule has 0 saturated heterocycles. The average molecular weight is 471 g/mol. The number of benzene rings is 2. The van der Waals surface area contributed by atoms with Gasteiger partial charge in [-0.1, -0.05) is 6.07 Å². The molecule has 10 heteroatoms. The van der Waals surface area contributed by atoms with Crippen LogP contribution in [0.1, 0.15) is 27.3 Å². The highest BCUT2D eigenvalue weighted by Gasteiger charge is 2.14. The molecule has 176 valence electrons. The first-order valence-corrected chi connectivity index (χ1v) is 10.8. The smallest absolute Gasteiger partial charge is 0.251 e. The van der Waals surface area contributed by atoms with Gasteiger partial charge < -0.3 is 20.3 Å². The fourth-order valence-corrected chi connectivity index (χ4v) is 3.52. The first-order chi connectivity index (χ1) is 17.1. The molecule has 35 heavy (non-hydrogen) atoms. The quantitative estimate of drug-likeness (QED) is 0.342. The summed E-state index contributed by atoms with van der Waals surface area (Å²) in [5.74, 6) is 0.379. The Kier molecular flexibility index (Phi) is 7.40. The van der Waals surface area contributed by atoms with Gasteiger partial charge in [0.1, 0.15) is 5.82 Å². The van der Waals surface area contributed by atoms with Crippen molar-refractivity contribution in [3.8, 4) is 17.5 Å². The maximum Gasteiger partial charge on any atom is 0.251 e. The second kappa shape index (κ2) is 11.0. The first kappa shape index (κ1) is 23.5. The van der Waals surface area contributed by atoms with Crippen LogP contribution in [-0.4, -0.2) is 37.4 Å². The van der Waals surface area contributed by atoms with E-state index in [2.05, 4.69) is 25.8 Å². The number of anilines is 1. The summed E-state index contributed by atoms with van der Waals surface area (Å²) < 4.78 is 15.8. The van der Waals surface area contributed by atoms with Crippen molar-refractivity contribution >= 4 is 11.6 Å². The van der Waals surface area contributed by atoms with E-state index in [0.29, 0.717) is 41.6 Å². The maximum absolute atomic E-state index is 14.0. The number of amides is 1. The number of aliphatic hydroxyl groups excluding tert-OH is 1. The van der Waals surface area contributed by atoms with Gasteiger partial charge in [0, 0.05) is 47.9 Å². The molecule has 0 saturated carbocycles. The molecule has 2 aromatic carbocycles. The van der Waals surface area contributed by atoms with Crippen LogP contribution in [0.15, 0.2) is 67.0 Å². The Morgan fingerprint density at radius 1 is 1.09 bits per heavy atom. The van der Waals surface area contributed by atoms with E-state index in [-0.39, 0.29) is 24.6 Å². The zero-order valence-electron chi connectivity index (χ0n) is 18.6. The van der Waals surface area contributed by atoms with Crippen molar-refractivity contribution < 1.29 is 14.3 Å². The molecule has 4 rings (SSSR count). The number of carbonyl (C=O) groups excluding carboxylic acids is 1. The molecular weight excluding hydrogens is 449 g/mol. The van der Waals surface area contributed by atoms with Crippen LogP contribution in [0, 0.1) is 17.1 Å². The maximum atomic E-state index is 14.0. The SMILES string of the molecule is N#Cc1ccc(F)c(CNC(=O)c2cccc(NCc3nnc(-c4ccncc4)n3CCO)c2)c1. The van der Waals surface area contributed by atoms with Gasteiger partial charge in [0.05, 0.1) is 24.8 Å². The molecule has 0 fully saturated rings. The van der Waals surface area contributed by atoms with E-state index in [1.165, 1.54) is 18.2 Å². The van der Waals surface area contributed by atoms with Gasteiger partial charge in [-0.05, 0) is 48.5 Å². The molecule has 0 radical (unpaired) electrons. The summed E-state index contributed by atoms with van der Waals surface area (Å²) >= 11 is 0. The molecule has 0 aliphatic carbocycles. The van der Waals surface area contributed by atoms with Crippen LogP contribution in [0.4, 0.5) is 10.1 Å². The van der Waals surface area contributed by atoms with E-state index >= 15 is 0 Å². The third kappa shape index (κ3) is 5.66. The van der Waals surface area contributed by atoms with Gasteiger partial charge in [-0.2, -0.15) is 5.26 Å². The molecule has 0 aliphatic heterocycles. The number of halogens is 1. The number of nitrogens with one attached hydrogen (secondary N) is 2. The lowest BCUT2D eigenvalue weighted by molar-refractivity contribution is 0.0950. The topological polar surface area (TPSA) is 129 Å². The number of rotatable bonds is 9. The standard InChI is InChI=1S/C25H22FN7O2/c26-22-5-4-17(14-27)12-20(22)15-30-25(35)19-2-1-3-21(13-19)29-16-23-31-32-24(33(23)10-11-34)18-6-8-28-9-7-18/h1-9,12-13,29,34H,10-11,15-16H2,(H,30,35). The molecule has 0 aliphatic rings. The van der Waals surface area contributed by atoms with Crippen LogP contribution < -0.4 is 10.6 Å². The Morgan fingerprint density at radius 2 is 1.91 bits per heavy atom. The van der Waals surface area contributed by atoms with Gasteiger partial charge in [0.25, 0.3) is 5.91 Å². The molecule has 2 aromatic heterocycles. The summed E-state index contributed by atoms with van der Waals surface area (Å²) in [4.78, 5) is 16.6. The third-order valence-corrected chi connectivity index (χ3v) is 5.28. The fraction of sp³-hybridized carbons (Fsp3) is 0.160. The van der Waals surface area contributed by atoms with Crippen molar-refractivity contribution in [2.45, 2.75) is 19.6 Å². The lowest BCUT2D eigenvalue weighted by Gasteiger charge is -2.11. The van der Waals surface area contributed by atoms with Gasteiger partial charge in [0.2, 0.25) is 0 Å². The summed E-state index contributed by atoms with van der Waals surface area (Å²) in [6.45, 7) is 0.527. The summed E-state index contributed by atoms with van der Waals surface area (Å²) in [7, 11) is 0. The highest BCUT2D eigenvalue weighted by Crippen LogP contribution is 2.19.